The maximum absolute atomic E-state index is 4.32. The molecule has 3 nitrogen and oxygen atoms in total. The van der Waals surface area contributed by atoms with Gasteiger partial charge in [-0.1, -0.05) is 37.3 Å². The van der Waals surface area contributed by atoms with E-state index in [0.717, 1.165) is 36.1 Å². The first-order valence-electron chi connectivity index (χ1n) is 5.82. The summed E-state index contributed by atoms with van der Waals surface area (Å²) in [6, 6.07) is 10.3. The van der Waals surface area contributed by atoms with E-state index in [9.17, 15) is 0 Å². The van der Waals surface area contributed by atoms with Crippen LogP contribution in [-0.4, -0.2) is 14.8 Å². The molecule has 0 N–H and O–H groups in total. The lowest BCUT2D eigenvalue weighted by molar-refractivity contribution is 0.411. The number of hydrogen-bond donors (Lipinski definition) is 0. The molecule has 1 aliphatic heterocycles. The molecule has 0 fully saturated rings. The van der Waals surface area contributed by atoms with Gasteiger partial charge in [-0.05, 0) is 12.3 Å². The highest BCUT2D eigenvalue weighted by Crippen LogP contribution is 2.24. The molecule has 0 spiro atoms. The van der Waals surface area contributed by atoms with Gasteiger partial charge >= 0.3 is 0 Å². The van der Waals surface area contributed by atoms with Crippen LogP contribution < -0.4 is 0 Å². The van der Waals surface area contributed by atoms with E-state index in [1.54, 1.807) is 0 Å². The topological polar surface area (TPSA) is 30.7 Å². The molecule has 3 rings (SSSR count). The standard InChI is InChI=1S/C13H15N3/c1-10-7-8-16-12(9-10)14-15-13(16)11-5-3-2-4-6-11/h2-6,10H,7-9H2,1H3. The van der Waals surface area contributed by atoms with Crippen LogP contribution in [-0.2, 0) is 13.0 Å². The summed E-state index contributed by atoms with van der Waals surface area (Å²) in [5, 5.41) is 8.61. The minimum Gasteiger partial charge on any atom is -0.311 e. The summed E-state index contributed by atoms with van der Waals surface area (Å²) in [6.07, 6.45) is 2.28. The van der Waals surface area contributed by atoms with Crippen LogP contribution in [0.1, 0.15) is 19.2 Å². The minimum atomic E-state index is 0.736. The number of hydrogen-bond acceptors (Lipinski definition) is 2. The molecule has 1 aromatic heterocycles. The summed E-state index contributed by atoms with van der Waals surface area (Å²) < 4.78 is 2.26. The summed E-state index contributed by atoms with van der Waals surface area (Å²) in [7, 11) is 0. The molecule has 2 aromatic rings. The monoisotopic (exact) mass is 213 g/mol. The fourth-order valence-electron chi connectivity index (χ4n) is 2.29. The van der Waals surface area contributed by atoms with Crippen molar-refractivity contribution >= 4 is 0 Å². The molecule has 1 unspecified atom stereocenters. The van der Waals surface area contributed by atoms with Crippen molar-refractivity contribution in [2.75, 3.05) is 0 Å². The van der Waals surface area contributed by atoms with E-state index in [0.29, 0.717) is 0 Å². The Morgan fingerprint density at radius 1 is 1.19 bits per heavy atom. The molecule has 16 heavy (non-hydrogen) atoms. The number of fused-ring (bicyclic) bond motifs is 1. The van der Waals surface area contributed by atoms with Gasteiger partial charge in [0.1, 0.15) is 5.82 Å². The van der Waals surface area contributed by atoms with Crippen molar-refractivity contribution in [2.45, 2.75) is 26.3 Å². The number of rotatable bonds is 1. The molecule has 0 aliphatic carbocycles. The lowest BCUT2D eigenvalue weighted by atomic mass is 10.00. The summed E-state index contributed by atoms with van der Waals surface area (Å²) in [4.78, 5) is 0. The molecule has 1 atom stereocenters. The molecule has 0 saturated carbocycles. The van der Waals surface area contributed by atoms with E-state index in [-0.39, 0.29) is 0 Å². The van der Waals surface area contributed by atoms with Crippen molar-refractivity contribution in [2.24, 2.45) is 5.92 Å². The van der Waals surface area contributed by atoms with Gasteiger partial charge in [0.15, 0.2) is 5.82 Å². The van der Waals surface area contributed by atoms with Crippen molar-refractivity contribution in [3.63, 3.8) is 0 Å². The van der Waals surface area contributed by atoms with E-state index in [4.69, 9.17) is 0 Å². The van der Waals surface area contributed by atoms with Gasteiger partial charge in [0.25, 0.3) is 0 Å². The third kappa shape index (κ3) is 1.52. The first kappa shape index (κ1) is 9.58. The molecule has 0 bridgehead atoms. The third-order valence-electron chi connectivity index (χ3n) is 3.24. The second-order valence-corrected chi connectivity index (χ2v) is 4.56. The summed E-state index contributed by atoms with van der Waals surface area (Å²) >= 11 is 0. The van der Waals surface area contributed by atoms with Gasteiger partial charge in [0, 0.05) is 18.5 Å². The van der Waals surface area contributed by atoms with E-state index in [1.807, 2.05) is 18.2 Å². The molecule has 0 radical (unpaired) electrons. The Labute approximate surface area is 95.1 Å². The Kier molecular flexibility index (Phi) is 2.24. The normalized spacial score (nSPS) is 19.4. The maximum atomic E-state index is 4.32. The molecule has 82 valence electrons. The van der Waals surface area contributed by atoms with Crippen LogP contribution in [0, 0.1) is 5.92 Å². The smallest absolute Gasteiger partial charge is 0.163 e. The fraction of sp³-hybridized carbons (Fsp3) is 0.385. The first-order chi connectivity index (χ1) is 7.84. The van der Waals surface area contributed by atoms with Gasteiger partial charge in [-0.15, -0.1) is 10.2 Å². The zero-order chi connectivity index (χ0) is 11.0. The van der Waals surface area contributed by atoms with Gasteiger partial charge < -0.3 is 4.57 Å². The Morgan fingerprint density at radius 3 is 2.81 bits per heavy atom. The molecule has 1 aromatic carbocycles. The number of nitrogens with zero attached hydrogens (tertiary/aromatic N) is 3. The largest absolute Gasteiger partial charge is 0.311 e. The minimum absolute atomic E-state index is 0.736. The molecule has 3 heteroatoms. The Morgan fingerprint density at radius 2 is 2.00 bits per heavy atom. The van der Waals surface area contributed by atoms with Crippen LogP contribution in [0.15, 0.2) is 30.3 Å². The molecule has 1 aliphatic rings. The maximum Gasteiger partial charge on any atom is 0.163 e. The first-order valence-corrected chi connectivity index (χ1v) is 5.82. The van der Waals surface area contributed by atoms with Crippen molar-refractivity contribution in [3.05, 3.63) is 36.2 Å². The third-order valence-corrected chi connectivity index (χ3v) is 3.24. The van der Waals surface area contributed by atoms with E-state index >= 15 is 0 Å². The predicted molar refractivity (Wildman–Crippen MR) is 62.9 cm³/mol. The van der Waals surface area contributed by atoms with Gasteiger partial charge in [0.05, 0.1) is 0 Å². The van der Waals surface area contributed by atoms with Crippen molar-refractivity contribution in [1.82, 2.24) is 14.8 Å². The quantitative estimate of drug-likeness (QED) is 0.728. The van der Waals surface area contributed by atoms with E-state index in [1.165, 1.54) is 6.42 Å². The Balaban J connectivity index is 2.04. The zero-order valence-corrected chi connectivity index (χ0v) is 9.43. The summed E-state index contributed by atoms with van der Waals surface area (Å²) in [5.74, 6) is 2.89. The van der Waals surface area contributed by atoms with Crippen LogP contribution in [0.25, 0.3) is 11.4 Å². The highest BCUT2D eigenvalue weighted by Gasteiger charge is 2.20. The van der Waals surface area contributed by atoms with Crippen LogP contribution in [0.5, 0.6) is 0 Å². The van der Waals surface area contributed by atoms with Gasteiger partial charge in [0.2, 0.25) is 0 Å². The van der Waals surface area contributed by atoms with Crippen LogP contribution in [0.4, 0.5) is 0 Å². The predicted octanol–water partition coefficient (Wildman–Crippen LogP) is 2.53. The summed E-state index contributed by atoms with van der Waals surface area (Å²) in [5.41, 5.74) is 1.16. The second kappa shape index (κ2) is 3.74. The van der Waals surface area contributed by atoms with Gasteiger partial charge in [-0.3, -0.25) is 0 Å². The highest BCUT2D eigenvalue weighted by molar-refractivity contribution is 5.55. The van der Waals surface area contributed by atoms with Gasteiger partial charge in [-0.25, -0.2) is 0 Å². The van der Waals surface area contributed by atoms with Crippen LogP contribution in [0.2, 0.25) is 0 Å². The lowest BCUT2D eigenvalue weighted by Crippen LogP contribution is -2.17. The second-order valence-electron chi connectivity index (χ2n) is 4.56. The zero-order valence-electron chi connectivity index (χ0n) is 9.43. The van der Waals surface area contributed by atoms with Crippen molar-refractivity contribution < 1.29 is 0 Å². The fourth-order valence-corrected chi connectivity index (χ4v) is 2.29. The number of aromatic nitrogens is 3. The average molecular weight is 213 g/mol. The highest BCUT2D eigenvalue weighted by atomic mass is 15.3. The average Bonchev–Trinajstić information content (AvgIpc) is 2.73. The Hall–Kier alpha value is -1.64. The molecule has 0 amide bonds. The molecule has 2 heterocycles. The van der Waals surface area contributed by atoms with Crippen molar-refractivity contribution in [3.8, 4) is 11.4 Å². The van der Waals surface area contributed by atoms with Crippen LogP contribution in [0.3, 0.4) is 0 Å². The lowest BCUT2D eigenvalue weighted by Gasteiger charge is -2.20. The SMILES string of the molecule is CC1CCn2c(nnc2-c2ccccc2)C1. The molecule has 0 saturated heterocycles. The van der Waals surface area contributed by atoms with E-state index < -0.39 is 0 Å². The van der Waals surface area contributed by atoms with Crippen molar-refractivity contribution in [1.29, 1.82) is 0 Å². The summed E-state index contributed by atoms with van der Waals surface area (Å²) in [6.45, 7) is 3.33. The Bertz CT molecular complexity index is 487. The number of benzene rings is 1. The molecular weight excluding hydrogens is 198 g/mol. The van der Waals surface area contributed by atoms with Crippen LogP contribution >= 0.6 is 0 Å². The molecular formula is C13H15N3. The van der Waals surface area contributed by atoms with E-state index in [2.05, 4.69) is 33.8 Å². The van der Waals surface area contributed by atoms with Gasteiger partial charge in [-0.2, -0.15) is 0 Å².